The number of anilines is 1. The van der Waals surface area contributed by atoms with Gasteiger partial charge in [-0.2, -0.15) is 13.2 Å². The van der Waals surface area contributed by atoms with E-state index in [0.717, 1.165) is 24.7 Å². The van der Waals surface area contributed by atoms with Gasteiger partial charge >= 0.3 is 12.2 Å². The van der Waals surface area contributed by atoms with Crippen LogP contribution in [0, 0.1) is 0 Å². The number of urea groups is 1. The number of nitrogens with zero attached hydrogens (tertiary/aromatic N) is 1. The van der Waals surface area contributed by atoms with E-state index in [1.165, 1.54) is 23.8 Å². The van der Waals surface area contributed by atoms with Crippen molar-refractivity contribution in [3.8, 4) is 5.75 Å². The molecule has 2 aromatic carbocycles. The van der Waals surface area contributed by atoms with Gasteiger partial charge in [-0.15, -0.1) is 0 Å². The van der Waals surface area contributed by atoms with Crippen LogP contribution in [0.5, 0.6) is 5.75 Å². The van der Waals surface area contributed by atoms with Gasteiger partial charge in [0.15, 0.2) is 0 Å². The minimum absolute atomic E-state index is 0.219. The third-order valence-electron chi connectivity index (χ3n) is 5.58. The number of carbonyl (C=O) groups is 1. The average molecular weight is 390 g/mol. The van der Waals surface area contributed by atoms with Gasteiger partial charge in [0.1, 0.15) is 11.4 Å². The van der Waals surface area contributed by atoms with Gasteiger partial charge in [-0.3, -0.25) is 0 Å². The molecule has 0 saturated carbocycles. The summed E-state index contributed by atoms with van der Waals surface area (Å²) >= 11 is 0. The number of likely N-dealkylation sites (tertiary alicyclic amines) is 1. The second kappa shape index (κ2) is 7.04. The van der Waals surface area contributed by atoms with Crippen LogP contribution < -0.4 is 10.1 Å². The predicted molar refractivity (Wildman–Crippen MR) is 99.4 cm³/mol. The highest BCUT2D eigenvalue weighted by Crippen LogP contribution is 2.39. The molecule has 7 heteroatoms. The van der Waals surface area contributed by atoms with Crippen molar-refractivity contribution in [1.29, 1.82) is 0 Å². The Labute approximate surface area is 161 Å². The topological polar surface area (TPSA) is 41.6 Å². The van der Waals surface area contributed by atoms with E-state index in [4.69, 9.17) is 4.74 Å². The first-order valence-electron chi connectivity index (χ1n) is 9.35. The Morgan fingerprint density at radius 1 is 1.00 bits per heavy atom. The first-order chi connectivity index (χ1) is 13.4. The SMILES string of the molecule is O=C(Nc1ccccc1C(F)(F)F)N1CCC2(CCc3ccccc3O2)CC1. The molecule has 1 fully saturated rings. The molecular weight excluding hydrogens is 369 g/mol. The van der Waals surface area contributed by atoms with E-state index in [0.29, 0.717) is 25.9 Å². The van der Waals surface area contributed by atoms with Crippen LogP contribution in [0.4, 0.5) is 23.7 Å². The van der Waals surface area contributed by atoms with Crippen molar-refractivity contribution in [2.75, 3.05) is 18.4 Å². The fourth-order valence-electron chi connectivity index (χ4n) is 3.96. The van der Waals surface area contributed by atoms with Gasteiger partial charge in [-0.1, -0.05) is 30.3 Å². The lowest BCUT2D eigenvalue weighted by Gasteiger charge is -2.44. The largest absolute Gasteiger partial charge is 0.487 e. The van der Waals surface area contributed by atoms with E-state index in [2.05, 4.69) is 11.4 Å². The summed E-state index contributed by atoms with van der Waals surface area (Å²) in [5.74, 6) is 0.894. The molecule has 1 saturated heterocycles. The molecule has 2 amide bonds. The van der Waals surface area contributed by atoms with Crippen LogP contribution in [0.3, 0.4) is 0 Å². The summed E-state index contributed by atoms with van der Waals surface area (Å²) in [5.41, 5.74) is -0.168. The highest BCUT2D eigenvalue weighted by Gasteiger charge is 2.40. The molecular formula is C21H21F3N2O2. The summed E-state index contributed by atoms with van der Waals surface area (Å²) in [5, 5.41) is 2.42. The smallest absolute Gasteiger partial charge is 0.418 e. The number of hydrogen-bond donors (Lipinski definition) is 1. The van der Waals surface area contributed by atoms with Crippen LogP contribution >= 0.6 is 0 Å². The molecule has 0 aromatic heterocycles. The standard InChI is InChI=1S/C21H21F3N2O2/c22-21(23,24)16-6-2-3-7-17(16)25-19(27)26-13-11-20(12-14-26)10-9-15-5-1-4-8-18(15)28-20/h1-8H,9-14H2,(H,25,27). The minimum Gasteiger partial charge on any atom is -0.487 e. The molecule has 148 valence electrons. The molecule has 2 heterocycles. The number of carbonyl (C=O) groups excluding carboxylic acids is 1. The van der Waals surface area contributed by atoms with E-state index in [9.17, 15) is 18.0 Å². The quantitative estimate of drug-likeness (QED) is 0.736. The zero-order chi connectivity index (χ0) is 19.8. The summed E-state index contributed by atoms with van der Waals surface area (Å²) in [6.45, 7) is 0.893. The molecule has 4 rings (SSSR count). The first-order valence-corrected chi connectivity index (χ1v) is 9.35. The molecule has 4 nitrogen and oxygen atoms in total. The Balaban J connectivity index is 1.41. The van der Waals surface area contributed by atoms with E-state index >= 15 is 0 Å². The van der Waals surface area contributed by atoms with Crippen molar-refractivity contribution in [3.05, 3.63) is 59.7 Å². The van der Waals surface area contributed by atoms with Crippen molar-refractivity contribution in [2.24, 2.45) is 0 Å². The number of ether oxygens (including phenoxy) is 1. The number of alkyl halides is 3. The second-order valence-electron chi connectivity index (χ2n) is 7.35. The van der Waals surface area contributed by atoms with Gasteiger partial charge in [0, 0.05) is 25.9 Å². The Bertz CT molecular complexity index is 874. The maximum atomic E-state index is 13.1. The van der Waals surface area contributed by atoms with E-state index in [1.54, 1.807) is 4.90 Å². The number of benzene rings is 2. The highest BCUT2D eigenvalue weighted by molar-refractivity contribution is 5.90. The van der Waals surface area contributed by atoms with E-state index in [-0.39, 0.29) is 11.3 Å². The van der Waals surface area contributed by atoms with Crippen LogP contribution in [-0.4, -0.2) is 29.6 Å². The minimum atomic E-state index is -4.51. The third kappa shape index (κ3) is 3.66. The lowest BCUT2D eigenvalue weighted by Crippen LogP contribution is -2.52. The maximum absolute atomic E-state index is 13.1. The predicted octanol–water partition coefficient (Wildman–Crippen LogP) is 5.10. The van der Waals surface area contributed by atoms with Crippen molar-refractivity contribution in [2.45, 2.75) is 37.5 Å². The van der Waals surface area contributed by atoms with E-state index in [1.807, 2.05) is 18.2 Å². The zero-order valence-corrected chi connectivity index (χ0v) is 15.3. The number of piperidine rings is 1. The van der Waals surface area contributed by atoms with Crippen molar-refractivity contribution >= 4 is 11.7 Å². The molecule has 0 bridgehead atoms. The van der Waals surface area contributed by atoms with Crippen LogP contribution in [0.2, 0.25) is 0 Å². The summed E-state index contributed by atoms with van der Waals surface area (Å²) < 4.78 is 45.6. The fraction of sp³-hybridized carbons (Fsp3) is 0.381. The molecule has 2 aromatic rings. The molecule has 0 atom stereocenters. The molecule has 28 heavy (non-hydrogen) atoms. The van der Waals surface area contributed by atoms with Gasteiger partial charge in [-0.05, 0) is 36.6 Å². The molecule has 0 aliphatic carbocycles. The van der Waals surface area contributed by atoms with Gasteiger partial charge in [-0.25, -0.2) is 4.79 Å². The van der Waals surface area contributed by atoms with E-state index < -0.39 is 17.8 Å². The number of aryl methyl sites for hydroxylation is 1. The molecule has 2 aliphatic rings. The fourth-order valence-corrected chi connectivity index (χ4v) is 3.96. The van der Waals surface area contributed by atoms with Crippen LogP contribution in [0.25, 0.3) is 0 Å². The van der Waals surface area contributed by atoms with Crippen LogP contribution in [-0.2, 0) is 12.6 Å². The lowest BCUT2D eigenvalue weighted by molar-refractivity contribution is -0.136. The average Bonchev–Trinajstić information content (AvgIpc) is 2.68. The highest BCUT2D eigenvalue weighted by atomic mass is 19.4. The van der Waals surface area contributed by atoms with Gasteiger partial charge in [0.2, 0.25) is 0 Å². The normalized spacial score (nSPS) is 18.3. The van der Waals surface area contributed by atoms with Gasteiger partial charge in [0.05, 0.1) is 11.3 Å². The number of nitrogens with one attached hydrogen (secondary N) is 1. The Kier molecular flexibility index (Phi) is 4.69. The molecule has 1 spiro atoms. The first kappa shape index (κ1) is 18.7. The van der Waals surface area contributed by atoms with Crippen LogP contribution in [0.1, 0.15) is 30.4 Å². The summed E-state index contributed by atoms with van der Waals surface area (Å²) in [7, 11) is 0. The summed E-state index contributed by atoms with van der Waals surface area (Å²) in [4.78, 5) is 14.1. The number of rotatable bonds is 1. The monoisotopic (exact) mass is 390 g/mol. The number of fused-ring (bicyclic) bond motifs is 1. The second-order valence-corrected chi connectivity index (χ2v) is 7.35. The number of para-hydroxylation sites is 2. The molecule has 0 unspecified atom stereocenters. The van der Waals surface area contributed by atoms with Gasteiger partial charge in [0.25, 0.3) is 0 Å². The van der Waals surface area contributed by atoms with Gasteiger partial charge < -0.3 is 15.0 Å². The van der Waals surface area contributed by atoms with Crippen molar-refractivity contribution < 1.29 is 22.7 Å². The zero-order valence-electron chi connectivity index (χ0n) is 15.3. The Morgan fingerprint density at radius 3 is 2.43 bits per heavy atom. The number of amides is 2. The Morgan fingerprint density at radius 2 is 1.68 bits per heavy atom. The summed E-state index contributed by atoms with van der Waals surface area (Å²) in [6, 6.07) is 12.5. The van der Waals surface area contributed by atoms with Crippen molar-refractivity contribution in [3.63, 3.8) is 0 Å². The van der Waals surface area contributed by atoms with Crippen molar-refractivity contribution in [1.82, 2.24) is 4.90 Å². The maximum Gasteiger partial charge on any atom is 0.418 e. The summed E-state index contributed by atoms with van der Waals surface area (Å²) in [6.07, 6.45) is -1.37. The molecule has 1 N–H and O–H groups in total. The third-order valence-corrected chi connectivity index (χ3v) is 5.58. The Hall–Kier alpha value is -2.70. The number of halogens is 3. The van der Waals surface area contributed by atoms with Crippen LogP contribution in [0.15, 0.2) is 48.5 Å². The molecule has 0 radical (unpaired) electrons. The number of hydrogen-bond acceptors (Lipinski definition) is 2. The molecule has 2 aliphatic heterocycles. The lowest BCUT2D eigenvalue weighted by atomic mass is 9.83.